The lowest BCUT2D eigenvalue weighted by Gasteiger charge is -2.12. The van der Waals surface area contributed by atoms with E-state index < -0.39 is 0 Å². The molecule has 0 radical (unpaired) electrons. The monoisotopic (exact) mass is 465 g/mol. The summed E-state index contributed by atoms with van der Waals surface area (Å²) < 4.78 is 11.1. The van der Waals surface area contributed by atoms with Gasteiger partial charge >= 0.3 is 0 Å². The van der Waals surface area contributed by atoms with Gasteiger partial charge in [-0.05, 0) is 55.3 Å². The quantitative estimate of drug-likeness (QED) is 0.305. The second kappa shape index (κ2) is 9.89. The van der Waals surface area contributed by atoms with Gasteiger partial charge in [-0.15, -0.1) is 0 Å². The first-order chi connectivity index (χ1) is 17.2. The molecule has 0 saturated carbocycles. The van der Waals surface area contributed by atoms with Crippen LogP contribution in [-0.4, -0.2) is 36.1 Å². The third-order valence-corrected chi connectivity index (χ3v) is 6.03. The van der Waals surface area contributed by atoms with Gasteiger partial charge in [-0.3, -0.25) is 4.79 Å². The second-order valence-electron chi connectivity index (χ2n) is 8.23. The third-order valence-electron chi connectivity index (χ3n) is 6.03. The first-order valence-corrected chi connectivity index (χ1v) is 11.7. The Hall–Kier alpha value is -4.32. The SMILES string of the molecule is CCOc1ccccc1-c1nc(C(=O)NCCc2ccc(OC)cc2)cc2c1[nH]c1ccccc12. The lowest BCUT2D eigenvalue weighted by molar-refractivity contribution is 0.0949. The highest BCUT2D eigenvalue weighted by Gasteiger charge is 2.19. The fourth-order valence-corrected chi connectivity index (χ4v) is 4.30. The smallest absolute Gasteiger partial charge is 0.269 e. The second-order valence-corrected chi connectivity index (χ2v) is 8.23. The van der Waals surface area contributed by atoms with Crippen molar-refractivity contribution in [1.29, 1.82) is 0 Å². The van der Waals surface area contributed by atoms with E-state index in [9.17, 15) is 4.79 Å². The van der Waals surface area contributed by atoms with Crippen LogP contribution in [-0.2, 0) is 6.42 Å². The summed E-state index contributed by atoms with van der Waals surface area (Å²) in [6.45, 7) is 3.00. The van der Waals surface area contributed by atoms with Crippen molar-refractivity contribution in [3.63, 3.8) is 0 Å². The highest BCUT2D eigenvalue weighted by molar-refractivity contribution is 6.13. The Bertz CT molecular complexity index is 1490. The Morgan fingerprint density at radius 2 is 1.74 bits per heavy atom. The zero-order valence-corrected chi connectivity index (χ0v) is 19.8. The van der Waals surface area contributed by atoms with Crippen molar-refractivity contribution in [2.24, 2.45) is 0 Å². The first-order valence-electron chi connectivity index (χ1n) is 11.7. The van der Waals surface area contributed by atoms with Crippen LogP contribution in [0.25, 0.3) is 33.1 Å². The maximum absolute atomic E-state index is 13.2. The van der Waals surface area contributed by atoms with Crippen molar-refractivity contribution >= 4 is 27.7 Å². The van der Waals surface area contributed by atoms with Crippen LogP contribution < -0.4 is 14.8 Å². The maximum Gasteiger partial charge on any atom is 0.269 e. The fourth-order valence-electron chi connectivity index (χ4n) is 4.30. The summed E-state index contributed by atoms with van der Waals surface area (Å²) in [4.78, 5) is 21.5. The molecule has 1 amide bonds. The molecular formula is C29H27N3O3. The summed E-state index contributed by atoms with van der Waals surface area (Å²) in [6.07, 6.45) is 0.713. The molecule has 0 saturated heterocycles. The molecule has 2 aromatic heterocycles. The largest absolute Gasteiger partial charge is 0.497 e. The van der Waals surface area contributed by atoms with Gasteiger partial charge in [-0.2, -0.15) is 0 Å². The predicted molar refractivity (Wildman–Crippen MR) is 139 cm³/mol. The number of para-hydroxylation sites is 2. The van der Waals surface area contributed by atoms with E-state index in [2.05, 4.69) is 16.4 Å². The summed E-state index contributed by atoms with van der Waals surface area (Å²) in [5.41, 5.74) is 4.92. The van der Waals surface area contributed by atoms with E-state index in [-0.39, 0.29) is 5.91 Å². The molecule has 0 aliphatic heterocycles. The molecule has 0 fully saturated rings. The minimum absolute atomic E-state index is 0.208. The normalized spacial score (nSPS) is 11.0. The number of methoxy groups -OCH3 is 1. The van der Waals surface area contributed by atoms with E-state index in [1.54, 1.807) is 7.11 Å². The molecule has 35 heavy (non-hydrogen) atoms. The van der Waals surface area contributed by atoms with Gasteiger partial charge in [0.1, 0.15) is 17.2 Å². The summed E-state index contributed by atoms with van der Waals surface area (Å²) in [5.74, 6) is 1.34. The van der Waals surface area contributed by atoms with Gasteiger partial charge in [-0.1, -0.05) is 42.5 Å². The highest BCUT2D eigenvalue weighted by Crippen LogP contribution is 2.36. The number of hydrogen-bond acceptors (Lipinski definition) is 4. The van der Waals surface area contributed by atoms with E-state index >= 15 is 0 Å². The molecule has 2 N–H and O–H groups in total. The Kier molecular flexibility index (Phi) is 6.35. The summed E-state index contributed by atoms with van der Waals surface area (Å²) >= 11 is 0. The summed E-state index contributed by atoms with van der Waals surface area (Å²) in [6, 6.07) is 25.6. The Morgan fingerprint density at radius 3 is 2.54 bits per heavy atom. The molecule has 0 atom stereocenters. The minimum atomic E-state index is -0.208. The number of aromatic amines is 1. The van der Waals surface area contributed by atoms with E-state index in [1.807, 2.05) is 79.7 Å². The van der Waals surface area contributed by atoms with Gasteiger partial charge in [0.2, 0.25) is 0 Å². The lowest BCUT2D eigenvalue weighted by Crippen LogP contribution is -2.26. The first kappa shape index (κ1) is 22.5. The molecule has 5 aromatic rings. The average molecular weight is 466 g/mol. The Balaban J connectivity index is 1.50. The van der Waals surface area contributed by atoms with Crippen molar-refractivity contribution in [3.8, 4) is 22.8 Å². The number of nitrogens with one attached hydrogen (secondary N) is 2. The van der Waals surface area contributed by atoms with E-state index in [0.717, 1.165) is 44.4 Å². The topological polar surface area (TPSA) is 76.2 Å². The van der Waals surface area contributed by atoms with Crippen molar-refractivity contribution in [3.05, 3.63) is 90.1 Å². The molecule has 0 unspecified atom stereocenters. The maximum atomic E-state index is 13.2. The number of benzene rings is 3. The number of ether oxygens (including phenoxy) is 2. The van der Waals surface area contributed by atoms with Crippen LogP contribution in [0, 0.1) is 0 Å². The van der Waals surface area contributed by atoms with Crippen LogP contribution in [0.4, 0.5) is 0 Å². The van der Waals surface area contributed by atoms with Crippen LogP contribution in [0.1, 0.15) is 23.0 Å². The number of H-pyrrole nitrogens is 1. The van der Waals surface area contributed by atoms with Gasteiger partial charge in [-0.25, -0.2) is 4.98 Å². The van der Waals surface area contributed by atoms with Crippen LogP contribution in [0.2, 0.25) is 0 Å². The van der Waals surface area contributed by atoms with Crippen LogP contribution in [0.5, 0.6) is 11.5 Å². The molecule has 5 rings (SSSR count). The van der Waals surface area contributed by atoms with Crippen molar-refractivity contribution in [2.45, 2.75) is 13.3 Å². The van der Waals surface area contributed by atoms with E-state index in [0.29, 0.717) is 31.0 Å². The Morgan fingerprint density at radius 1 is 0.971 bits per heavy atom. The number of amides is 1. The minimum Gasteiger partial charge on any atom is -0.497 e. The number of fused-ring (bicyclic) bond motifs is 3. The van der Waals surface area contributed by atoms with Gasteiger partial charge in [0.05, 0.1) is 24.9 Å². The summed E-state index contributed by atoms with van der Waals surface area (Å²) in [7, 11) is 1.65. The molecule has 6 nitrogen and oxygen atoms in total. The Labute approximate surface area is 203 Å². The molecule has 6 heteroatoms. The number of hydrogen-bond donors (Lipinski definition) is 2. The number of carbonyl (C=O) groups excluding carboxylic acids is 1. The molecule has 0 bridgehead atoms. The number of nitrogens with zero attached hydrogens (tertiary/aromatic N) is 1. The fraction of sp³-hybridized carbons (Fsp3) is 0.172. The zero-order valence-electron chi connectivity index (χ0n) is 19.8. The number of pyridine rings is 1. The van der Waals surface area contributed by atoms with Crippen molar-refractivity contribution in [1.82, 2.24) is 15.3 Å². The molecule has 2 heterocycles. The number of aromatic nitrogens is 2. The van der Waals surface area contributed by atoms with Gasteiger partial charge in [0.15, 0.2) is 0 Å². The number of rotatable bonds is 8. The van der Waals surface area contributed by atoms with Crippen molar-refractivity contribution < 1.29 is 14.3 Å². The standard InChI is InChI=1S/C29H27N3O3/c1-3-35-26-11-7-5-9-22(26)27-28-23(21-8-4-6-10-24(21)31-28)18-25(32-27)29(33)30-17-16-19-12-14-20(34-2)15-13-19/h4-15,18,31H,3,16-17H2,1-2H3,(H,30,33). The van der Waals surface area contributed by atoms with Crippen LogP contribution >= 0.6 is 0 Å². The van der Waals surface area contributed by atoms with Crippen LogP contribution in [0.15, 0.2) is 78.9 Å². The summed E-state index contributed by atoms with van der Waals surface area (Å²) in [5, 5.41) is 5.03. The van der Waals surface area contributed by atoms with E-state index in [1.165, 1.54) is 0 Å². The molecular weight excluding hydrogens is 438 g/mol. The van der Waals surface area contributed by atoms with Crippen molar-refractivity contribution in [2.75, 3.05) is 20.3 Å². The average Bonchev–Trinajstić information content (AvgIpc) is 3.28. The van der Waals surface area contributed by atoms with Gasteiger partial charge in [0, 0.05) is 28.4 Å². The third kappa shape index (κ3) is 4.55. The van der Waals surface area contributed by atoms with Gasteiger partial charge < -0.3 is 19.8 Å². The van der Waals surface area contributed by atoms with Crippen LogP contribution in [0.3, 0.4) is 0 Å². The lowest BCUT2D eigenvalue weighted by atomic mass is 10.1. The molecule has 176 valence electrons. The molecule has 0 spiro atoms. The predicted octanol–water partition coefficient (Wildman–Crippen LogP) is 5.76. The van der Waals surface area contributed by atoms with Gasteiger partial charge in [0.25, 0.3) is 5.91 Å². The molecule has 0 aliphatic rings. The molecule has 3 aromatic carbocycles. The molecule has 0 aliphatic carbocycles. The zero-order chi connectivity index (χ0) is 24.2. The highest BCUT2D eigenvalue weighted by atomic mass is 16.5. The number of carbonyl (C=O) groups is 1. The van der Waals surface area contributed by atoms with E-state index in [4.69, 9.17) is 14.5 Å².